The monoisotopic (exact) mass is 365 g/mol. The van der Waals surface area contributed by atoms with Gasteiger partial charge in [-0.25, -0.2) is 0 Å². The van der Waals surface area contributed by atoms with E-state index in [1.807, 2.05) is 0 Å². The Morgan fingerprint density at radius 1 is 1.32 bits per heavy atom. The van der Waals surface area contributed by atoms with Gasteiger partial charge in [-0.15, -0.1) is 0 Å². The van der Waals surface area contributed by atoms with Crippen molar-refractivity contribution in [2.45, 2.75) is 19.9 Å². The average molecular weight is 365 g/mol. The van der Waals surface area contributed by atoms with Crippen LogP contribution in [0.3, 0.4) is 0 Å². The Kier molecular flexibility index (Phi) is 5.27. The molecular formula is C16H19N3O5S. The van der Waals surface area contributed by atoms with Crippen molar-refractivity contribution in [1.29, 1.82) is 0 Å². The van der Waals surface area contributed by atoms with Gasteiger partial charge >= 0.3 is 5.69 Å². The fraction of sp³-hybridized carbons (Fsp3) is 0.375. The summed E-state index contributed by atoms with van der Waals surface area (Å²) in [6, 6.07) is 2.13. The number of nitro benzene ring substituents is 1. The first-order valence-electron chi connectivity index (χ1n) is 7.39. The molecule has 1 unspecified atom stereocenters. The highest BCUT2D eigenvalue weighted by Crippen LogP contribution is 2.41. The Morgan fingerprint density at radius 2 is 1.92 bits per heavy atom. The van der Waals surface area contributed by atoms with Gasteiger partial charge in [0.05, 0.1) is 25.2 Å². The maximum atomic E-state index is 12.2. The maximum absolute atomic E-state index is 12.2. The number of hydrogen-bond acceptors (Lipinski definition) is 6. The summed E-state index contributed by atoms with van der Waals surface area (Å²) in [6.07, 6.45) is 0. The summed E-state index contributed by atoms with van der Waals surface area (Å²) < 4.78 is 10.4. The highest BCUT2D eigenvalue weighted by molar-refractivity contribution is 7.80. The summed E-state index contributed by atoms with van der Waals surface area (Å²) >= 11 is 5.30. The van der Waals surface area contributed by atoms with Crippen LogP contribution in [0.25, 0.3) is 0 Å². The zero-order chi connectivity index (χ0) is 18.9. The normalized spacial score (nSPS) is 17.2. The number of nitrogens with zero attached hydrogens (tertiary/aromatic N) is 2. The summed E-state index contributed by atoms with van der Waals surface area (Å²) in [5.41, 5.74) is 1.37. The molecule has 8 nitrogen and oxygen atoms in total. The van der Waals surface area contributed by atoms with Gasteiger partial charge in [0.2, 0.25) is 5.75 Å². The predicted octanol–water partition coefficient (Wildman–Crippen LogP) is 2.34. The number of thiocarbonyl (C=S) groups is 1. The molecule has 0 amide bonds. The van der Waals surface area contributed by atoms with Crippen molar-refractivity contribution in [3.8, 4) is 11.5 Å². The van der Waals surface area contributed by atoms with Crippen LogP contribution in [0.1, 0.15) is 25.5 Å². The number of allylic oxidation sites excluding steroid dienone is 1. The average Bonchev–Trinajstić information content (AvgIpc) is 2.57. The van der Waals surface area contributed by atoms with Crippen LogP contribution >= 0.6 is 12.2 Å². The summed E-state index contributed by atoms with van der Waals surface area (Å²) in [7, 11) is 4.54. The molecule has 0 aliphatic carbocycles. The van der Waals surface area contributed by atoms with Crippen LogP contribution in [0, 0.1) is 10.1 Å². The Morgan fingerprint density at radius 3 is 2.40 bits per heavy atom. The number of Topliss-reactive ketones (excluding diaryl/α,β-unsaturated/α-hetero) is 1. The number of carbonyl (C=O) groups excluding carboxylic acids is 1. The molecule has 0 saturated heterocycles. The smallest absolute Gasteiger partial charge is 0.311 e. The molecule has 1 aromatic carbocycles. The minimum atomic E-state index is -0.652. The van der Waals surface area contributed by atoms with Crippen LogP contribution in [-0.4, -0.2) is 42.0 Å². The lowest BCUT2D eigenvalue weighted by atomic mass is 9.91. The number of hydrogen-bond donors (Lipinski definition) is 1. The number of benzene rings is 1. The fourth-order valence-electron chi connectivity index (χ4n) is 2.80. The standard InChI is InChI=1S/C16H19N3O5S/c1-8-14(9(2)20)15(17-16(25)18(8)3)10-6-11(19(21)22)13(24-5)7-12(10)23-4/h6-7,15H,1-5H3,(H,17,25). The molecule has 134 valence electrons. The Labute approximate surface area is 150 Å². The number of ketones is 1. The van der Waals surface area contributed by atoms with E-state index in [9.17, 15) is 14.9 Å². The van der Waals surface area contributed by atoms with Crippen LogP contribution in [0.2, 0.25) is 0 Å². The van der Waals surface area contributed by atoms with Gasteiger partial charge in [-0.05, 0) is 26.1 Å². The molecule has 0 spiro atoms. The number of ether oxygens (including phenoxy) is 2. The molecule has 1 N–H and O–H groups in total. The van der Waals surface area contributed by atoms with Gasteiger partial charge < -0.3 is 19.7 Å². The molecule has 0 saturated carbocycles. The van der Waals surface area contributed by atoms with Crippen molar-refractivity contribution in [3.05, 3.63) is 39.1 Å². The van der Waals surface area contributed by atoms with E-state index in [0.717, 1.165) is 0 Å². The van der Waals surface area contributed by atoms with E-state index in [0.29, 0.717) is 27.7 Å². The summed E-state index contributed by atoms with van der Waals surface area (Å²) in [4.78, 5) is 24.7. The molecule has 0 aromatic heterocycles. The van der Waals surface area contributed by atoms with Gasteiger partial charge in [0.1, 0.15) is 5.75 Å². The second-order valence-electron chi connectivity index (χ2n) is 5.52. The first-order valence-corrected chi connectivity index (χ1v) is 7.80. The second-order valence-corrected chi connectivity index (χ2v) is 5.91. The van der Waals surface area contributed by atoms with Crippen molar-refractivity contribution in [2.75, 3.05) is 21.3 Å². The summed E-state index contributed by atoms with van der Waals surface area (Å²) in [5.74, 6) is 0.273. The molecule has 1 aromatic rings. The summed E-state index contributed by atoms with van der Waals surface area (Å²) in [5, 5.41) is 14.8. The van der Waals surface area contributed by atoms with Crippen molar-refractivity contribution in [1.82, 2.24) is 10.2 Å². The topological polar surface area (TPSA) is 93.9 Å². The molecule has 1 aliphatic heterocycles. The molecule has 1 heterocycles. The van der Waals surface area contributed by atoms with E-state index < -0.39 is 11.0 Å². The predicted molar refractivity (Wildman–Crippen MR) is 95.8 cm³/mol. The van der Waals surface area contributed by atoms with Gasteiger partial charge in [0.15, 0.2) is 10.9 Å². The SMILES string of the molecule is COc1cc(OC)c([N+](=O)[O-])cc1C1NC(=S)N(C)C(C)=C1C(C)=O. The first kappa shape index (κ1) is 18.7. The number of carbonyl (C=O) groups is 1. The van der Waals surface area contributed by atoms with E-state index in [-0.39, 0.29) is 17.2 Å². The first-order chi connectivity index (χ1) is 11.7. The quantitative estimate of drug-likeness (QED) is 0.483. The number of methoxy groups -OCH3 is 2. The zero-order valence-electron chi connectivity index (χ0n) is 14.6. The number of nitro groups is 1. The lowest BCUT2D eigenvalue weighted by molar-refractivity contribution is -0.385. The van der Waals surface area contributed by atoms with Gasteiger partial charge in [-0.2, -0.15) is 0 Å². The molecule has 9 heteroatoms. The highest BCUT2D eigenvalue weighted by Gasteiger charge is 2.34. The molecular weight excluding hydrogens is 346 g/mol. The van der Waals surface area contributed by atoms with Gasteiger partial charge in [-0.3, -0.25) is 14.9 Å². The van der Waals surface area contributed by atoms with Crippen LogP contribution in [-0.2, 0) is 4.79 Å². The third kappa shape index (κ3) is 3.27. The van der Waals surface area contributed by atoms with E-state index >= 15 is 0 Å². The highest BCUT2D eigenvalue weighted by atomic mass is 32.1. The lowest BCUT2D eigenvalue weighted by Gasteiger charge is -2.35. The van der Waals surface area contributed by atoms with Gasteiger partial charge in [-0.1, -0.05) is 0 Å². The van der Waals surface area contributed by atoms with Crippen molar-refractivity contribution in [3.63, 3.8) is 0 Å². The van der Waals surface area contributed by atoms with Crippen molar-refractivity contribution in [2.24, 2.45) is 0 Å². The molecule has 1 aliphatic rings. The Balaban J connectivity index is 2.74. The minimum Gasteiger partial charge on any atom is -0.496 e. The molecule has 0 fully saturated rings. The lowest BCUT2D eigenvalue weighted by Crippen LogP contribution is -2.45. The van der Waals surface area contributed by atoms with Gasteiger partial charge in [0, 0.05) is 36.0 Å². The van der Waals surface area contributed by atoms with Crippen LogP contribution in [0.15, 0.2) is 23.4 Å². The van der Waals surface area contributed by atoms with E-state index in [1.165, 1.54) is 33.3 Å². The third-order valence-electron chi connectivity index (χ3n) is 4.17. The van der Waals surface area contributed by atoms with Crippen molar-refractivity contribution < 1.29 is 19.2 Å². The fourth-order valence-corrected chi connectivity index (χ4v) is 3.05. The van der Waals surface area contributed by atoms with Crippen LogP contribution in [0.4, 0.5) is 5.69 Å². The number of nitrogens with one attached hydrogen (secondary N) is 1. The number of rotatable bonds is 5. The van der Waals surface area contributed by atoms with Crippen LogP contribution < -0.4 is 14.8 Å². The van der Waals surface area contributed by atoms with Gasteiger partial charge in [0.25, 0.3) is 0 Å². The van der Waals surface area contributed by atoms with E-state index in [2.05, 4.69) is 5.32 Å². The Bertz CT molecular complexity index is 790. The molecule has 0 bridgehead atoms. The maximum Gasteiger partial charge on any atom is 0.311 e. The van der Waals surface area contributed by atoms with E-state index in [4.69, 9.17) is 21.7 Å². The van der Waals surface area contributed by atoms with Crippen LogP contribution in [0.5, 0.6) is 11.5 Å². The minimum absolute atomic E-state index is 0.0752. The van der Waals surface area contributed by atoms with Crippen molar-refractivity contribution >= 4 is 28.8 Å². The Hall–Kier alpha value is -2.68. The molecule has 0 radical (unpaired) electrons. The molecule has 25 heavy (non-hydrogen) atoms. The second kappa shape index (κ2) is 7.06. The summed E-state index contributed by atoms with van der Waals surface area (Å²) in [6.45, 7) is 3.22. The zero-order valence-corrected chi connectivity index (χ0v) is 15.4. The third-order valence-corrected chi connectivity index (χ3v) is 4.56. The molecule has 1 atom stereocenters. The largest absolute Gasteiger partial charge is 0.496 e. The molecule has 2 rings (SSSR count). The van der Waals surface area contributed by atoms with E-state index in [1.54, 1.807) is 18.9 Å².